The molecular weight excluding hydrogens is 276 g/mol. The number of sulfonamides is 1. The molecule has 0 unspecified atom stereocenters. The SMILES string of the molecule is CCCn1cc(S(=O)(=O)NC2(C)CCCCC2)c(N)n1. The quantitative estimate of drug-likeness (QED) is 0.868. The Hall–Kier alpha value is -1.08. The van der Waals surface area contributed by atoms with Crippen molar-refractivity contribution in [1.82, 2.24) is 14.5 Å². The molecule has 1 aromatic rings. The second kappa shape index (κ2) is 5.73. The average Bonchev–Trinajstić information content (AvgIpc) is 2.71. The molecule has 2 rings (SSSR count). The molecule has 20 heavy (non-hydrogen) atoms. The summed E-state index contributed by atoms with van der Waals surface area (Å²) in [4.78, 5) is 0.0951. The highest BCUT2D eigenvalue weighted by atomic mass is 32.2. The number of aromatic nitrogens is 2. The first-order valence-electron chi connectivity index (χ1n) is 7.23. The van der Waals surface area contributed by atoms with Crippen LogP contribution < -0.4 is 10.5 Å². The van der Waals surface area contributed by atoms with E-state index in [0.29, 0.717) is 6.54 Å². The Balaban J connectivity index is 2.21. The van der Waals surface area contributed by atoms with Gasteiger partial charge in [-0.05, 0) is 26.2 Å². The van der Waals surface area contributed by atoms with E-state index < -0.39 is 10.0 Å². The largest absolute Gasteiger partial charge is 0.381 e. The summed E-state index contributed by atoms with van der Waals surface area (Å²) in [5.41, 5.74) is 5.39. The summed E-state index contributed by atoms with van der Waals surface area (Å²) in [6.45, 7) is 4.64. The van der Waals surface area contributed by atoms with Gasteiger partial charge in [-0.2, -0.15) is 5.10 Å². The van der Waals surface area contributed by atoms with Crippen molar-refractivity contribution in [2.24, 2.45) is 0 Å². The second-order valence-corrected chi connectivity index (χ2v) is 7.52. The molecule has 0 spiro atoms. The molecule has 1 fully saturated rings. The van der Waals surface area contributed by atoms with Crippen LogP contribution in [0.25, 0.3) is 0 Å². The van der Waals surface area contributed by atoms with E-state index in [1.165, 1.54) is 12.6 Å². The minimum Gasteiger partial charge on any atom is -0.381 e. The molecular formula is C13H24N4O2S. The Labute approximate surface area is 120 Å². The van der Waals surface area contributed by atoms with Gasteiger partial charge < -0.3 is 5.73 Å². The fourth-order valence-electron chi connectivity index (χ4n) is 2.78. The summed E-state index contributed by atoms with van der Waals surface area (Å²) in [5, 5.41) is 4.06. The molecule has 114 valence electrons. The monoisotopic (exact) mass is 300 g/mol. The third-order valence-electron chi connectivity index (χ3n) is 3.84. The fraction of sp³-hybridized carbons (Fsp3) is 0.769. The normalized spacial score (nSPS) is 19.1. The lowest BCUT2D eigenvalue weighted by atomic mass is 9.84. The number of nitrogens with two attached hydrogens (primary N) is 1. The Morgan fingerprint density at radius 1 is 1.40 bits per heavy atom. The van der Waals surface area contributed by atoms with E-state index in [2.05, 4.69) is 9.82 Å². The van der Waals surface area contributed by atoms with E-state index in [0.717, 1.165) is 32.1 Å². The van der Waals surface area contributed by atoms with Gasteiger partial charge in [0.25, 0.3) is 0 Å². The van der Waals surface area contributed by atoms with Crippen LogP contribution in [0.2, 0.25) is 0 Å². The molecule has 1 heterocycles. The van der Waals surface area contributed by atoms with E-state index in [1.54, 1.807) is 4.68 Å². The Morgan fingerprint density at radius 2 is 2.05 bits per heavy atom. The molecule has 0 amide bonds. The lowest BCUT2D eigenvalue weighted by Crippen LogP contribution is -2.47. The first kappa shape index (κ1) is 15.3. The lowest BCUT2D eigenvalue weighted by Gasteiger charge is -2.33. The molecule has 0 saturated heterocycles. The number of hydrogen-bond donors (Lipinski definition) is 2. The molecule has 0 aromatic carbocycles. The summed E-state index contributed by atoms with van der Waals surface area (Å²) in [5.74, 6) is 0.0744. The number of aryl methyl sites for hydroxylation is 1. The number of nitrogens with zero attached hydrogens (tertiary/aromatic N) is 2. The van der Waals surface area contributed by atoms with Gasteiger partial charge >= 0.3 is 0 Å². The lowest BCUT2D eigenvalue weighted by molar-refractivity contribution is 0.294. The number of nitrogens with one attached hydrogen (secondary N) is 1. The summed E-state index contributed by atoms with van der Waals surface area (Å²) in [7, 11) is -3.60. The van der Waals surface area contributed by atoms with Crippen molar-refractivity contribution in [2.45, 2.75) is 69.4 Å². The van der Waals surface area contributed by atoms with Gasteiger partial charge in [0, 0.05) is 18.3 Å². The maximum atomic E-state index is 12.5. The minimum atomic E-state index is -3.60. The molecule has 3 N–H and O–H groups in total. The van der Waals surface area contributed by atoms with Crippen LogP contribution in [0.15, 0.2) is 11.1 Å². The van der Waals surface area contributed by atoms with Gasteiger partial charge in [0.1, 0.15) is 4.90 Å². The van der Waals surface area contributed by atoms with Crippen LogP contribution in [-0.4, -0.2) is 23.7 Å². The van der Waals surface area contributed by atoms with Crippen LogP contribution in [0.5, 0.6) is 0 Å². The molecule has 7 heteroatoms. The van der Waals surface area contributed by atoms with Gasteiger partial charge in [0.05, 0.1) is 0 Å². The number of anilines is 1. The summed E-state index contributed by atoms with van der Waals surface area (Å²) >= 11 is 0. The molecule has 1 aromatic heterocycles. The van der Waals surface area contributed by atoms with Gasteiger partial charge in [-0.15, -0.1) is 0 Å². The summed E-state index contributed by atoms with van der Waals surface area (Å²) < 4.78 is 29.4. The van der Waals surface area contributed by atoms with Crippen molar-refractivity contribution < 1.29 is 8.42 Å². The zero-order valence-electron chi connectivity index (χ0n) is 12.2. The predicted molar refractivity (Wildman–Crippen MR) is 78.7 cm³/mol. The van der Waals surface area contributed by atoms with E-state index in [9.17, 15) is 8.42 Å². The van der Waals surface area contributed by atoms with Crippen molar-refractivity contribution in [3.05, 3.63) is 6.20 Å². The van der Waals surface area contributed by atoms with Crippen molar-refractivity contribution in [2.75, 3.05) is 5.73 Å². The molecule has 1 aliphatic rings. The molecule has 0 atom stereocenters. The summed E-state index contributed by atoms with van der Waals surface area (Å²) in [6, 6.07) is 0. The maximum Gasteiger partial charge on any atom is 0.246 e. The predicted octanol–water partition coefficient (Wildman–Crippen LogP) is 1.88. The van der Waals surface area contributed by atoms with Gasteiger partial charge in [0.2, 0.25) is 10.0 Å². The topological polar surface area (TPSA) is 90.0 Å². The van der Waals surface area contributed by atoms with E-state index in [1.807, 2.05) is 13.8 Å². The highest BCUT2D eigenvalue weighted by molar-refractivity contribution is 7.89. The number of rotatable bonds is 5. The highest BCUT2D eigenvalue weighted by Gasteiger charge is 2.33. The number of nitrogen functional groups attached to an aromatic ring is 1. The maximum absolute atomic E-state index is 12.5. The van der Waals surface area contributed by atoms with Crippen molar-refractivity contribution in [3.8, 4) is 0 Å². The zero-order chi connectivity index (χ0) is 14.8. The first-order chi connectivity index (χ1) is 9.36. The molecule has 0 aliphatic heterocycles. The molecule has 6 nitrogen and oxygen atoms in total. The Bertz CT molecular complexity index is 559. The third-order valence-corrected chi connectivity index (χ3v) is 5.49. The van der Waals surface area contributed by atoms with Gasteiger partial charge in [-0.3, -0.25) is 4.68 Å². The molecule has 0 bridgehead atoms. The molecule has 0 radical (unpaired) electrons. The Morgan fingerprint density at radius 3 is 2.65 bits per heavy atom. The first-order valence-corrected chi connectivity index (χ1v) is 8.71. The van der Waals surface area contributed by atoms with Crippen molar-refractivity contribution in [3.63, 3.8) is 0 Å². The van der Waals surface area contributed by atoms with Crippen LogP contribution >= 0.6 is 0 Å². The van der Waals surface area contributed by atoms with Gasteiger partial charge in [-0.1, -0.05) is 26.2 Å². The van der Waals surface area contributed by atoms with Crippen molar-refractivity contribution >= 4 is 15.8 Å². The number of hydrogen-bond acceptors (Lipinski definition) is 4. The highest BCUT2D eigenvalue weighted by Crippen LogP contribution is 2.30. The third kappa shape index (κ3) is 3.32. The minimum absolute atomic E-state index is 0.0744. The van der Waals surface area contributed by atoms with E-state index in [4.69, 9.17) is 5.73 Å². The molecule has 1 saturated carbocycles. The van der Waals surface area contributed by atoms with Crippen LogP contribution in [0.1, 0.15) is 52.4 Å². The van der Waals surface area contributed by atoms with Gasteiger partial charge in [-0.25, -0.2) is 13.1 Å². The van der Waals surface area contributed by atoms with E-state index >= 15 is 0 Å². The van der Waals surface area contributed by atoms with E-state index in [-0.39, 0.29) is 16.3 Å². The van der Waals surface area contributed by atoms with Crippen LogP contribution in [0.4, 0.5) is 5.82 Å². The van der Waals surface area contributed by atoms with Crippen LogP contribution in [-0.2, 0) is 16.6 Å². The Kier molecular flexibility index (Phi) is 4.39. The van der Waals surface area contributed by atoms with Gasteiger partial charge in [0.15, 0.2) is 5.82 Å². The van der Waals surface area contributed by atoms with Crippen LogP contribution in [0.3, 0.4) is 0 Å². The second-order valence-electron chi connectivity index (χ2n) is 5.87. The smallest absolute Gasteiger partial charge is 0.246 e. The fourth-order valence-corrected chi connectivity index (χ4v) is 4.32. The average molecular weight is 300 g/mol. The molecule has 1 aliphatic carbocycles. The van der Waals surface area contributed by atoms with Crippen LogP contribution in [0, 0.1) is 0 Å². The standard InChI is InChI=1S/C13H24N4O2S/c1-3-9-17-10-11(12(14)15-17)20(18,19)16-13(2)7-5-4-6-8-13/h10,16H,3-9H2,1-2H3,(H2,14,15). The summed E-state index contributed by atoms with van der Waals surface area (Å²) in [6.07, 6.45) is 7.44. The zero-order valence-corrected chi connectivity index (χ0v) is 13.0. The van der Waals surface area contributed by atoms with Crippen molar-refractivity contribution in [1.29, 1.82) is 0 Å².